The molecule has 2 atom stereocenters. The van der Waals surface area contributed by atoms with Crippen molar-refractivity contribution in [2.24, 2.45) is 5.92 Å². The Kier molecular flexibility index (Phi) is 5.44. The van der Waals surface area contributed by atoms with Gasteiger partial charge < -0.3 is 15.3 Å². The van der Waals surface area contributed by atoms with Gasteiger partial charge in [-0.1, -0.05) is 20.8 Å². The van der Waals surface area contributed by atoms with E-state index in [9.17, 15) is 9.59 Å². The van der Waals surface area contributed by atoms with Gasteiger partial charge in [0.25, 0.3) is 0 Å². The summed E-state index contributed by atoms with van der Waals surface area (Å²) in [5.74, 6) is -1.08. The van der Waals surface area contributed by atoms with Gasteiger partial charge >= 0.3 is 12.0 Å². The SMILES string of the molecule is CCC1CCCCN1C(=O)NC(C(=O)O)C(C)C. The van der Waals surface area contributed by atoms with Gasteiger partial charge in [-0.05, 0) is 31.6 Å². The Balaban J connectivity index is 2.64. The second kappa shape index (κ2) is 6.61. The van der Waals surface area contributed by atoms with Crippen LogP contribution in [0.4, 0.5) is 4.79 Å². The number of carboxylic acid groups (broad SMARTS) is 1. The molecule has 1 heterocycles. The van der Waals surface area contributed by atoms with Crippen molar-refractivity contribution in [3.8, 4) is 0 Å². The summed E-state index contributed by atoms with van der Waals surface area (Å²) in [5, 5.41) is 11.7. The van der Waals surface area contributed by atoms with Crippen molar-refractivity contribution in [2.75, 3.05) is 6.54 Å². The van der Waals surface area contributed by atoms with Crippen molar-refractivity contribution in [1.29, 1.82) is 0 Å². The van der Waals surface area contributed by atoms with Crippen molar-refractivity contribution < 1.29 is 14.7 Å². The second-order valence-corrected chi connectivity index (χ2v) is 5.26. The van der Waals surface area contributed by atoms with Gasteiger partial charge in [0.1, 0.15) is 6.04 Å². The third kappa shape index (κ3) is 3.62. The minimum atomic E-state index is -0.969. The predicted molar refractivity (Wildman–Crippen MR) is 69.4 cm³/mol. The molecule has 2 unspecified atom stereocenters. The zero-order chi connectivity index (χ0) is 13.7. The molecule has 0 saturated carbocycles. The maximum Gasteiger partial charge on any atom is 0.326 e. The fraction of sp³-hybridized carbons (Fsp3) is 0.846. The van der Waals surface area contributed by atoms with Crippen LogP contribution in [0.2, 0.25) is 0 Å². The summed E-state index contributed by atoms with van der Waals surface area (Å²) >= 11 is 0. The van der Waals surface area contributed by atoms with Crippen molar-refractivity contribution in [2.45, 2.75) is 58.5 Å². The summed E-state index contributed by atoms with van der Waals surface area (Å²) in [6.45, 7) is 6.39. The summed E-state index contributed by atoms with van der Waals surface area (Å²) in [6, 6.07) is -0.792. The molecule has 1 aliphatic rings. The van der Waals surface area contributed by atoms with Gasteiger partial charge in [-0.3, -0.25) is 0 Å². The number of piperidine rings is 1. The molecule has 5 nitrogen and oxygen atoms in total. The highest BCUT2D eigenvalue weighted by atomic mass is 16.4. The van der Waals surface area contributed by atoms with Crippen LogP contribution in [0.3, 0.4) is 0 Å². The number of amides is 2. The lowest BCUT2D eigenvalue weighted by Gasteiger charge is -2.36. The van der Waals surface area contributed by atoms with Crippen LogP contribution in [0.5, 0.6) is 0 Å². The molecule has 104 valence electrons. The normalized spacial score (nSPS) is 21.8. The van der Waals surface area contributed by atoms with E-state index in [-0.39, 0.29) is 18.0 Å². The summed E-state index contributed by atoms with van der Waals surface area (Å²) in [7, 11) is 0. The lowest BCUT2D eigenvalue weighted by molar-refractivity contribution is -0.140. The lowest BCUT2D eigenvalue weighted by Crippen LogP contribution is -2.54. The molecule has 1 saturated heterocycles. The minimum Gasteiger partial charge on any atom is -0.480 e. The Hall–Kier alpha value is -1.26. The summed E-state index contributed by atoms with van der Waals surface area (Å²) in [5.41, 5.74) is 0. The number of urea groups is 1. The number of rotatable bonds is 4. The van der Waals surface area contributed by atoms with Crippen LogP contribution < -0.4 is 5.32 Å². The first-order valence-electron chi connectivity index (χ1n) is 6.77. The summed E-state index contributed by atoms with van der Waals surface area (Å²) in [4.78, 5) is 25.0. The Morgan fingerprint density at radius 3 is 2.56 bits per heavy atom. The number of nitrogens with zero attached hydrogens (tertiary/aromatic N) is 1. The third-order valence-electron chi connectivity index (χ3n) is 3.57. The van der Waals surface area contributed by atoms with Crippen LogP contribution in [0.15, 0.2) is 0 Å². The first-order chi connectivity index (χ1) is 8.47. The molecule has 2 N–H and O–H groups in total. The van der Waals surface area contributed by atoms with Crippen LogP contribution in [0.1, 0.15) is 46.5 Å². The maximum atomic E-state index is 12.1. The second-order valence-electron chi connectivity index (χ2n) is 5.26. The number of carbonyl (C=O) groups is 2. The van der Waals surface area contributed by atoms with Gasteiger partial charge in [-0.2, -0.15) is 0 Å². The Labute approximate surface area is 109 Å². The molecule has 0 aliphatic carbocycles. The van der Waals surface area contributed by atoms with E-state index < -0.39 is 12.0 Å². The largest absolute Gasteiger partial charge is 0.480 e. The van der Waals surface area contributed by atoms with E-state index in [0.717, 1.165) is 32.2 Å². The standard InChI is InChI=1S/C13H24N2O3/c1-4-10-7-5-6-8-15(10)13(18)14-11(9(2)3)12(16)17/h9-11H,4-8H2,1-3H3,(H,14,18)(H,16,17). The number of aliphatic carboxylic acids is 1. The van der Waals surface area contributed by atoms with E-state index >= 15 is 0 Å². The van der Waals surface area contributed by atoms with Gasteiger partial charge in [0, 0.05) is 12.6 Å². The molecular formula is C13H24N2O3. The Bertz CT molecular complexity index is 305. The molecule has 0 spiro atoms. The van der Waals surface area contributed by atoms with E-state index in [1.165, 1.54) is 0 Å². The average Bonchev–Trinajstić information content (AvgIpc) is 2.34. The lowest BCUT2D eigenvalue weighted by atomic mass is 10.00. The van der Waals surface area contributed by atoms with E-state index in [0.29, 0.717) is 0 Å². The van der Waals surface area contributed by atoms with Gasteiger partial charge in [-0.15, -0.1) is 0 Å². The monoisotopic (exact) mass is 256 g/mol. The molecule has 5 heteroatoms. The highest BCUT2D eigenvalue weighted by molar-refractivity contribution is 5.83. The highest BCUT2D eigenvalue weighted by Gasteiger charge is 2.30. The smallest absolute Gasteiger partial charge is 0.326 e. The van der Waals surface area contributed by atoms with Crippen LogP contribution >= 0.6 is 0 Å². The summed E-state index contributed by atoms with van der Waals surface area (Å²) < 4.78 is 0. The van der Waals surface area contributed by atoms with Crippen molar-refractivity contribution in [1.82, 2.24) is 10.2 Å². The number of hydrogen-bond acceptors (Lipinski definition) is 2. The van der Waals surface area contributed by atoms with Crippen molar-refractivity contribution in [3.05, 3.63) is 0 Å². The Morgan fingerprint density at radius 1 is 1.39 bits per heavy atom. The molecule has 1 aliphatic heterocycles. The molecular weight excluding hydrogens is 232 g/mol. The minimum absolute atomic E-state index is 0.115. The summed E-state index contributed by atoms with van der Waals surface area (Å²) in [6.07, 6.45) is 4.09. The van der Waals surface area contributed by atoms with Crippen LogP contribution in [0, 0.1) is 5.92 Å². The average molecular weight is 256 g/mol. The molecule has 18 heavy (non-hydrogen) atoms. The van der Waals surface area contributed by atoms with Crippen molar-refractivity contribution >= 4 is 12.0 Å². The molecule has 1 fully saturated rings. The van der Waals surface area contributed by atoms with Gasteiger partial charge in [0.2, 0.25) is 0 Å². The molecule has 0 aromatic heterocycles. The Morgan fingerprint density at radius 2 is 2.06 bits per heavy atom. The van der Waals surface area contributed by atoms with Gasteiger partial charge in [0.15, 0.2) is 0 Å². The van der Waals surface area contributed by atoms with E-state index in [1.54, 1.807) is 18.7 Å². The number of likely N-dealkylation sites (tertiary alicyclic amines) is 1. The van der Waals surface area contributed by atoms with Crippen LogP contribution in [-0.2, 0) is 4.79 Å². The molecule has 0 radical (unpaired) electrons. The molecule has 0 bridgehead atoms. The van der Waals surface area contributed by atoms with E-state index in [1.807, 2.05) is 0 Å². The zero-order valence-corrected chi connectivity index (χ0v) is 11.5. The van der Waals surface area contributed by atoms with Crippen LogP contribution in [0.25, 0.3) is 0 Å². The molecule has 2 amide bonds. The first-order valence-corrected chi connectivity index (χ1v) is 6.77. The number of carboxylic acids is 1. The fourth-order valence-electron chi connectivity index (χ4n) is 2.42. The number of carbonyl (C=O) groups excluding carboxylic acids is 1. The maximum absolute atomic E-state index is 12.1. The molecule has 1 rings (SSSR count). The van der Waals surface area contributed by atoms with Crippen LogP contribution in [-0.4, -0.2) is 40.6 Å². The topological polar surface area (TPSA) is 69.6 Å². The predicted octanol–water partition coefficient (Wildman–Crippen LogP) is 2.07. The van der Waals surface area contributed by atoms with Gasteiger partial charge in [-0.25, -0.2) is 9.59 Å². The fourth-order valence-corrected chi connectivity index (χ4v) is 2.42. The number of hydrogen-bond donors (Lipinski definition) is 2. The van der Waals surface area contributed by atoms with E-state index in [2.05, 4.69) is 12.2 Å². The quantitative estimate of drug-likeness (QED) is 0.809. The highest BCUT2D eigenvalue weighted by Crippen LogP contribution is 2.19. The molecule has 0 aromatic carbocycles. The van der Waals surface area contributed by atoms with E-state index in [4.69, 9.17) is 5.11 Å². The molecule has 0 aromatic rings. The zero-order valence-electron chi connectivity index (χ0n) is 11.5. The van der Waals surface area contributed by atoms with Crippen molar-refractivity contribution in [3.63, 3.8) is 0 Å². The first kappa shape index (κ1) is 14.8. The number of nitrogens with one attached hydrogen (secondary N) is 1. The van der Waals surface area contributed by atoms with Gasteiger partial charge in [0.05, 0.1) is 0 Å². The third-order valence-corrected chi connectivity index (χ3v) is 3.57.